The van der Waals surface area contributed by atoms with E-state index in [1.54, 1.807) is 7.11 Å². The molecule has 5 nitrogen and oxygen atoms in total. The molecule has 0 fully saturated rings. The van der Waals surface area contributed by atoms with Gasteiger partial charge in [-0.3, -0.25) is 0 Å². The molecule has 0 N–H and O–H groups in total. The molecule has 6 rings (SSSR count). The molecular weight excluding hydrogens is 510 g/mol. The van der Waals surface area contributed by atoms with E-state index in [0.29, 0.717) is 12.5 Å². The zero-order chi connectivity index (χ0) is 26.2. The fraction of sp³-hybridized carbons (Fsp3) is 0.303. The number of hydrogen-bond donors (Lipinski definition) is 0. The molecule has 3 aromatic carbocycles. The van der Waals surface area contributed by atoms with E-state index in [0.717, 1.165) is 47.8 Å². The lowest BCUT2D eigenvalue weighted by molar-refractivity contribution is -0.686. The third kappa shape index (κ3) is 4.92. The highest BCUT2D eigenvalue weighted by Crippen LogP contribution is 2.44. The number of benzene rings is 3. The van der Waals surface area contributed by atoms with Crippen LogP contribution in [-0.4, -0.2) is 20.5 Å². The molecule has 2 aliphatic heterocycles. The van der Waals surface area contributed by atoms with Crippen LogP contribution in [0.2, 0.25) is 0 Å². The van der Waals surface area contributed by atoms with Gasteiger partial charge in [0.2, 0.25) is 12.5 Å². The summed E-state index contributed by atoms with van der Waals surface area (Å²) in [5.74, 6) is 3.69. The van der Waals surface area contributed by atoms with E-state index < -0.39 is 0 Å². The maximum absolute atomic E-state index is 6.29. The molecule has 6 heteroatoms. The van der Waals surface area contributed by atoms with E-state index in [-0.39, 0.29) is 19.2 Å². The summed E-state index contributed by atoms with van der Waals surface area (Å²) >= 11 is 0. The van der Waals surface area contributed by atoms with E-state index in [9.17, 15) is 0 Å². The Hall–Kier alpha value is -3.70. The molecule has 0 unspecified atom stereocenters. The second-order valence-electron chi connectivity index (χ2n) is 10.3. The van der Waals surface area contributed by atoms with Gasteiger partial charge in [-0.25, -0.2) is 0 Å². The minimum atomic E-state index is 0. The van der Waals surface area contributed by atoms with Gasteiger partial charge in [0.15, 0.2) is 35.7 Å². The highest BCUT2D eigenvalue weighted by Gasteiger charge is 2.32. The van der Waals surface area contributed by atoms with Crippen LogP contribution in [0.1, 0.15) is 48.9 Å². The maximum Gasteiger partial charge on any atom is 0.231 e. The summed E-state index contributed by atoms with van der Waals surface area (Å²) in [6, 6.07) is 17.6. The lowest BCUT2D eigenvalue weighted by Gasteiger charge is -2.21. The molecule has 0 spiro atoms. The van der Waals surface area contributed by atoms with E-state index in [1.165, 1.54) is 38.9 Å². The van der Waals surface area contributed by atoms with Crippen LogP contribution < -0.4 is 35.9 Å². The van der Waals surface area contributed by atoms with Gasteiger partial charge in [-0.15, -0.1) is 0 Å². The second-order valence-corrected chi connectivity index (χ2v) is 10.3. The van der Waals surface area contributed by atoms with Crippen molar-refractivity contribution in [2.45, 2.75) is 46.1 Å². The average molecular weight is 544 g/mol. The number of methoxy groups -OCH3 is 1. The fourth-order valence-corrected chi connectivity index (χ4v) is 5.58. The van der Waals surface area contributed by atoms with Gasteiger partial charge < -0.3 is 31.4 Å². The number of ether oxygens (including phenoxy) is 4. The number of fused-ring (bicyclic) bond motifs is 5. The fourth-order valence-electron chi connectivity index (χ4n) is 5.58. The Morgan fingerprint density at radius 3 is 2.49 bits per heavy atom. The summed E-state index contributed by atoms with van der Waals surface area (Å²) < 4.78 is 25.9. The van der Waals surface area contributed by atoms with Crippen LogP contribution in [0.15, 0.2) is 66.9 Å². The normalized spacial score (nSPS) is 13.4. The van der Waals surface area contributed by atoms with Gasteiger partial charge in [0.1, 0.15) is 6.61 Å². The van der Waals surface area contributed by atoms with Crippen LogP contribution in [0.4, 0.5) is 0 Å². The lowest BCUT2D eigenvalue weighted by atomic mass is 9.88. The van der Waals surface area contributed by atoms with Crippen molar-refractivity contribution in [2.24, 2.45) is 0 Å². The Morgan fingerprint density at radius 1 is 1.00 bits per heavy atom. The van der Waals surface area contributed by atoms with Gasteiger partial charge in [0.25, 0.3) is 0 Å². The number of hydrogen-bond acceptors (Lipinski definition) is 4. The molecule has 0 amide bonds. The molecular formula is C33H34ClNO4. The molecule has 0 saturated heterocycles. The molecule has 202 valence electrons. The monoisotopic (exact) mass is 543 g/mol. The van der Waals surface area contributed by atoms with Crippen LogP contribution in [0.5, 0.6) is 23.0 Å². The summed E-state index contributed by atoms with van der Waals surface area (Å²) in [7, 11) is 1.70. The van der Waals surface area contributed by atoms with Crippen molar-refractivity contribution in [1.82, 2.24) is 0 Å². The first-order chi connectivity index (χ1) is 18.6. The van der Waals surface area contributed by atoms with Gasteiger partial charge >= 0.3 is 0 Å². The predicted molar refractivity (Wildman–Crippen MR) is 150 cm³/mol. The van der Waals surface area contributed by atoms with E-state index in [1.807, 2.05) is 25.1 Å². The number of allylic oxidation sites excluding steroid dienone is 1. The molecule has 1 aromatic heterocycles. The summed E-state index contributed by atoms with van der Waals surface area (Å²) in [4.78, 5) is 0. The van der Waals surface area contributed by atoms with Crippen molar-refractivity contribution in [3.63, 3.8) is 0 Å². The van der Waals surface area contributed by atoms with Crippen LogP contribution in [0, 0.1) is 0 Å². The average Bonchev–Trinajstić information content (AvgIpc) is 3.39. The van der Waals surface area contributed by atoms with Gasteiger partial charge in [0.05, 0.1) is 18.1 Å². The third-order valence-electron chi connectivity index (χ3n) is 7.63. The smallest absolute Gasteiger partial charge is 0.231 e. The molecule has 0 aliphatic carbocycles. The molecule has 4 aromatic rings. The third-order valence-corrected chi connectivity index (χ3v) is 7.63. The number of halogens is 1. The first kappa shape index (κ1) is 26.9. The highest BCUT2D eigenvalue weighted by molar-refractivity contribution is 5.95. The minimum Gasteiger partial charge on any atom is -1.00 e. The van der Waals surface area contributed by atoms with Gasteiger partial charge in [0, 0.05) is 23.8 Å². The van der Waals surface area contributed by atoms with Crippen molar-refractivity contribution < 1.29 is 35.9 Å². The standard InChI is InChI=1S/C33H34NO4.ClH/c1-5-6-15-36-33-28-19-34-14-13-24-17-30-31(38-20-37-30)18-26(24)32(34)27(25(28)11-12-29(33)35-4)16-22-7-9-23(10-8-22)21(2)3;/h5-12,17-19,21H,13-16,20H2,1-4H3;1H/q+1;/p-1/b6-5+;. The Labute approximate surface area is 236 Å². The molecule has 2 aliphatic rings. The molecule has 39 heavy (non-hydrogen) atoms. The Balaban J connectivity index is 0.00000308. The number of pyridine rings is 1. The summed E-state index contributed by atoms with van der Waals surface area (Å²) in [6.07, 6.45) is 7.98. The van der Waals surface area contributed by atoms with Crippen LogP contribution in [-0.2, 0) is 19.4 Å². The molecule has 0 bridgehead atoms. The zero-order valence-electron chi connectivity index (χ0n) is 22.9. The van der Waals surface area contributed by atoms with Crippen molar-refractivity contribution >= 4 is 10.8 Å². The predicted octanol–water partition coefficient (Wildman–Crippen LogP) is 3.76. The Morgan fingerprint density at radius 2 is 1.77 bits per heavy atom. The first-order valence-electron chi connectivity index (χ1n) is 13.4. The first-order valence-corrected chi connectivity index (χ1v) is 13.4. The SMILES string of the molecule is C/C=C/COc1c(OC)ccc2c(Cc3ccc(C(C)C)cc3)c3[n+](cc12)CCc1cc2c(cc1-3)OCO2.[Cl-]. The van der Waals surface area contributed by atoms with E-state index >= 15 is 0 Å². The van der Waals surface area contributed by atoms with Gasteiger partial charge in [-0.05, 0) is 53.8 Å². The van der Waals surface area contributed by atoms with Gasteiger partial charge in [-0.1, -0.05) is 50.3 Å². The Bertz CT molecular complexity index is 1540. The summed E-state index contributed by atoms with van der Waals surface area (Å²) in [6.45, 7) is 8.11. The quantitative estimate of drug-likeness (QED) is 0.263. The lowest BCUT2D eigenvalue weighted by Crippen LogP contribution is -3.00. The van der Waals surface area contributed by atoms with Crippen molar-refractivity contribution in [3.8, 4) is 34.3 Å². The molecule has 3 heterocycles. The zero-order valence-corrected chi connectivity index (χ0v) is 23.7. The van der Waals surface area contributed by atoms with Crippen LogP contribution in [0.25, 0.3) is 22.0 Å². The van der Waals surface area contributed by atoms with Gasteiger partial charge in [-0.2, -0.15) is 4.57 Å². The number of aryl methyl sites for hydroxylation is 2. The topological polar surface area (TPSA) is 40.8 Å². The van der Waals surface area contributed by atoms with E-state index in [4.69, 9.17) is 18.9 Å². The Kier molecular flexibility index (Phi) is 7.72. The summed E-state index contributed by atoms with van der Waals surface area (Å²) in [5.41, 5.74) is 7.65. The molecule has 0 atom stereocenters. The van der Waals surface area contributed by atoms with Crippen molar-refractivity contribution in [1.29, 1.82) is 0 Å². The number of aromatic nitrogens is 1. The van der Waals surface area contributed by atoms with Crippen LogP contribution >= 0.6 is 0 Å². The van der Waals surface area contributed by atoms with Crippen LogP contribution in [0.3, 0.4) is 0 Å². The largest absolute Gasteiger partial charge is 1.00 e. The number of rotatable bonds is 7. The van der Waals surface area contributed by atoms with Crippen molar-refractivity contribution in [2.75, 3.05) is 20.5 Å². The minimum absolute atomic E-state index is 0. The second kappa shape index (κ2) is 11.2. The maximum atomic E-state index is 6.29. The molecule has 0 saturated carbocycles. The summed E-state index contributed by atoms with van der Waals surface area (Å²) in [5, 5.41) is 2.24. The van der Waals surface area contributed by atoms with E-state index in [2.05, 4.69) is 67.1 Å². The van der Waals surface area contributed by atoms with Crippen molar-refractivity contribution in [3.05, 3.63) is 89.1 Å². The number of nitrogens with zero attached hydrogens (tertiary/aromatic N) is 1. The molecule has 0 radical (unpaired) electrons. The highest BCUT2D eigenvalue weighted by atomic mass is 35.5.